The number of benzene rings is 1. The summed E-state index contributed by atoms with van der Waals surface area (Å²) in [4.78, 5) is 2.69. The van der Waals surface area contributed by atoms with Crippen LogP contribution in [0.4, 0.5) is 5.69 Å². The van der Waals surface area contributed by atoms with Gasteiger partial charge in [-0.25, -0.2) is 0 Å². The molecule has 1 unspecified atom stereocenters. The Balaban J connectivity index is 1.67. The van der Waals surface area contributed by atoms with Gasteiger partial charge in [0.05, 0.1) is 0 Å². The van der Waals surface area contributed by atoms with Crippen LogP contribution in [0.15, 0.2) is 24.3 Å². The highest BCUT2D eigenvalue weighted by Crippen LogP contribution is 2.37. The first-order chi connectivity index (χ1) is 9.88. The van der Waals surface area contributed by atoms with Gasteiger partial charge in [-0.1, -0.05) is 31.9 Å². The molecule has 2 aliphatic rings. The van der Waals surface area contributed by atoms with E-state index in [4.69, 9.17) is 0 Å². The number of anilines is 1. The maximum absolute atomic E-state index is 3.39. The van der Waals surface area contributed by atoms with Crippen LogP contribution in [0.2, 0.25) is 0 Å². The van der Waals surface area contributed by atoms with E-state index in [-0.39, 0.29) is 0 Å². The summed E-state index contributed by atoms with van der Waals surface area (Å²) in [5.41, 5.74) is 2.84. The van der Waals surface area contributed by atoms with E-state index in [0.717, 1.165) is 25.0 Å². The van der Waals surface area contributed by atoms with Crippen molar-refractivity contribution in [2.24, 2.45) is 5.92 Å². The van der Waals surface area contributed by atoms with Crippen molar-refractivity contribution in [1.82, 2.24) is 5.32 Å². The lowest BCUT2D eigenvalue weighted by Gasteiger charge is -2.31. The number of hydrogen-bond acceptors (Lipinski definition) is 2. The van der Waals surface area contributed by atoms with Crippen molar-refractivity contribution in [2.75, 3.05) is 18.0 Å². The number of nitrogens with zero attached hydrogens (tertiary/aromatic N) is 1. The SMILES string of the molecule is CCNCc1ccc(N2CCCC2C2CCCC2)cc1. The molecule has 1 aliphatic heterocycles. The molecule has 1 saturated carbocycles. The molecular weight excluding hydrogens is 244 g/mol. The molecule has 1 saturated heterocycles. The van der Waals surface area contributed by atoms with E-state index in [1.165, 1.54) is 56.3 Å². The molecule has 2 nitrogen and oxygen atoms in total. The van der Waals surface area contributed by atoms with Crippen LogP contribution in [0, 0.1) is 5.92 Å². The van der Waals surface area contributed by atoms with Gasteiger partial charge in [-0.3, -0.25) is 0 Å². The Kier molecular flexibility index (Phi) is 4.62. The molecule has 0 bridgehead atoms. The highest BCUT2D eigenvalue weighted by atomic mass is 15.2. The van der Waals surface area contributed by atoms with Crippen molar-refractivity contribution < 1.29 is 0 Å². The summed E-state index contributed by atoms with van der Waals surface area (Å²) < 4.78 is 0. The number of rotatable bonds is 5. The first-order valence-corrected chi connectivity index (χ1v) is 8.45. The standard InChI is InChI=1S/C18H28N2/c1-2-19-14-15-9-11-17(12-10-15)20-13-5-8-18(20)16-6-3-4-7-16/h9-12,16,18-19H,2-8,13-14H2,1H3. The summed E-state index contributed by atoms with van der Waals surface area (Å²) in [7, 11) is 0. The summed E-state index contributed by atoms with van der Waals surface area (Å²) in [6.07, 6.45) is 8.61. The van der Waals surface area contributed by atoms with Crippen molar-refractivity contribution in [3.05, 3.63) is 29.8 Å². The van der Waals surface area contributed by atoms with Crippen LogP contribution in [-0.4, -0.2) is 19.1 Å². The van der Waals surface area contributed by atoms with Crippen LogP contribution in [-0.2, 0) is 6.54 Å². The third-order valence-electron chi connectivity index (χ3n) is 5.09. The maximum atomic E-state index is 3.39. The van der Waals surface area contributed by atoms with E-state index in [0.29, 0.717) is 0 Å². The predicted octanol–water partition coefficient (Wildman–Crippen LogP) is 3.96. The minimum absolute atomic E-state index is 0.817. The van der Waals surface area contributed by atoms with Crippen LogP contribution in [0.25, 0.3) is 0 Å². The molecule has 2 fully saturated rings. The highest BCUT2D eigenvalue weighted by Gasteiger charge is 2.33. The summed E-state index contributed by atoms with van der Waals surface area (Å²) in [6, 6.07) is 10.1. The van der Waals surface area contributed by atoms with Gasteiger partial charge in [0.25, 0.3) is 0 Å². The lowest BCUT2D eigenvalue weighted by molar-refractivity contribution is 0.431. The van der Waals surface area contributed by atoms with Gasteiger partial charge in [0.2, 0.25) is 0 Å². The molecule has 1 aromatic carbocycles. The van der Waals surface area contributed by atoms with Gasteiger partial charge in [0.1, 0.15) is 0 Å². The third-order valence-corrected chi connectivity index (χ3v) is 5.09. The van der Waals surface area contributed by atoms with Crippen LogP contribution < -0.4 is 10.2 Å². The fourth-order valence-electron chi connectivity index (χ4n) is 4.02. The zero-order chi connectivity index (χ0) is 13.8. The van der Waals surface area contributed by atoms with Crippen LogP contribution in [0.3, 0.4) is 0 Å². The molecule has 3 rings (SSSR count). The summed E-state index contributed by atoms with van der Waals surface area (Å²) in [6.45, 7) is 5.44. The quantitative estimate of drug-likeness (QED) is 0.873. The molecule has 20 heavy (non-hydrogen) atoms. The average Bonchev–Trinajstić information content (AvgIpc) is 3.15. The molecule has 1 heterocycles. The second-order valence-corrected chi connectivity index (χ2v) is 6.39. The van der Waals surface area contributed by atoms with Gasteiger partial charge >= 0.3 is 0 Å². The fourth-order valence-corrected chi connectivity index (χ4v) is 4.02. The highest BCUT2D eigenvalue weighted by molar-refractivity contribution is 5.49. The lowest BCUT2D eigenvalue weighted by Crippen LogP contribution is -2.34. The van der Waals surface area contributed by atoms with Gasteiger partial charge in [-0.05, 0) is 55.8 Å². The molecule has 110 valence electrons. The average molecular weight is 272 g/mol. The van der Waals surface area contributed by atoms with E-state index < -0.39 is 0 Å². The topological polar surface area (TPSA) is 15.3 Å². The van der Waals surface area contributed by atoms with Gasteiger partial charge in [-0.15, -0.1) is 0 Å². The second-order valence-electron chi connectivity index (χ2n) is 6.39. The molecule has 1 atom stereocenters. The molecule has 0 amide bonds. The van der Waals surface area contributed by atoms with Crippen molar-refractivity contribution >= 4 is 5.69 Å². The van der Waals surface area contributed by atoms with Gasteiger partial charge < -0.3 is 10.2 Å². The van der Waals surface area contributed by atoms with E-state index in [1.807, 2.05) is 0 Å². The molecule has 2 heteroatoms. The largest absolute Gasteiger partial charge is 0.368 e. The Morgan fingerprint density at radius 1 is 1.05 bits per heavy atom. The van der Waals surface area contributed by atoms with Crippen molar-refractivity contribution in [2.45, 2.75) is 58.0 Å². The number of nitrogens with one attached hydrogen (secondary N) is 1. The lowest BCUT2D eigenvalue weighted by atomic mass is 9.95. The zero-order valence-corrected chi connectivity index (χ0v) is 12.8. The zero-order valence-electron chi connectivity index (χ0n) is 12.8. The molecule has 1 aliphatic carbocycles. The molecule has 1 N–H and O–H groups in total. The van der Waals surface area contributed by atoms with Crippen molar-refractivity contribution in [3.63, 3.8) is 0 Å². The Hall–Kier alpha value is -1.02. The van der Waals surface area contributed by atoms with E-state index >= 15 is 0 Å². The van der Waals surface area contributed by atoms with E-state index in [9.17, 15) is 0 Å². The fraction of sp³-hybridized carbons (Fsp3) is 0.667. The third kappa shape index (κ3) is 3.01. The monoisotopic (exact) mass is 272 g/mol. The van der Waals surface area contributed by atoms with Gasteiger partial charge in [-0.2, -0.15) is 0 Å². The first kappa shape index (κ1) is 13.9. The Labute approximate surface area is 123 Å². The minimum atomic E-state index is 0.817. The van der Waals surface area contributed by atoms with Crippen LogP contribution in [0.1, 0.15) is 51.0 Å². The van der Waals surface area contributed by atoms with Crippen LogP contribution in [0.5, 0.6) is 0 Å². The normalized spacial score (nSPS) is 23.6. The van der Waals surface area contributed by atoms with Crippen molar-refractivity contribution in [1.29, 1.82) is 0 Å². The summed E-state index contributed by atoms with van der Waals surface area (Å²) in [5, 5.41) is 3.39. The molecule has 0 aromatic heterocycles. The molecule has 1 aromatic rings. The summed E-state index contributed by atoms with van der Waals surface area (Å²) in [5.74, 6) is 0.957. The Bertz CT molecular complexity index is 406. The van der Waals surface area contributed by atoms with Crippen molar-refractivity contribution in [3.8, 4) is 0 Å². The molecule has 0 radical (unpaired) electrons. The minimum Gasteiger partial charge on any atom is -0.368 e. The van der Waals surface area contributed by atoms with Gasteiger partial charge in [0.15, 0.2) is 0 Å². The smallest absolute Gasteiger partial charge is 0.0369 e. The van der Waals surface area contributed by atoms with Gasteiger partial charge in [0, 0.05) is 24.8 Å². The molecular formula is C18H28N2. The molecule has 0 spiro atoms. The van der Waals surface area contributed by atoms with E-state index in [2.05, 4.69) is 41.4 Å². The predicted molar refractivity (Wildman–Crippen MR) is 86.1 cm³/mol. The summed E-state index contributed by atoms with van der Waals surface area (Å²) >= 11 is 0. The Morgan fingerprint density at radius 3 is 2.50 bits per heavy atom. The first-order valence-electron chi connectivity index (χ1n) is 8.45. The maximum Gasteiger partial charge on any atom is 0.0369 e. The second kappa shape index (κ2) is 6.62. The Morgan fingerprint density at radius 2 is 1.80 bits per heavy atom. The van der Waals surface area contributed by atoms with Crippen LogP contribution >= 0.6 is 0 Å². The number of hydrogen-bond donors (Lipinski definition) is 1. The van der Waals surface area contributed by atoms with E-state index in [1.54, 1.807) is 0 Å².